The highest BCUT2D eigenvalue weighted by atomic mass is 79.9. The van der Waals surface area contributed by atoms with E-state index in [-0.39, 0.29) is 43.2 Å². The molecular formula is C27H36BrNO9. The lowest BCUT2D eigenvalue weighted by Crippen LogP contribution is -2.52. The number of aliphatic hydroxyl groups excluding tert-OH is 1. The second-order valence-corrected chi connectivity index (χ2v) is 10.7. The molecule has 0 aliphatic carbocycles. The van der Waals surface area contributed by atoms with Crippen molar-refractivity contribution in [2.45, 2.75) is 64.3 Å². The monoisotopic (exact) mass is 597 g/mol. The summed E-state index contributed by atoms with van der Waals surface area (Å²) in [4.78, 5) is 39.1. The third-order valence-corrected chi connectivity index (χ3v) is 7.49. The number of amides is 2. The molecule has 0 saturated carbocycles. The van der Waals surface area contributed by atoms with Crippen molar-refractivity contribution in [2.24, 2.45) is 11.8 Å². The quantitative estimate of drug-likeness (QED) is 0.329. The van der Waals surface area contributed by atoms with Gasteiger partial charge in [0.15, 0.2) is 11.6 Å². The Hall–Kier alpha value is -2.15. The van der Waals surface area contributed by atoms with E-state index in [4.69, 9.17) is 18.9 Å². The number of hydrogen-bond acceptors (Lipinski definition) is 9. The van der Waals surface area contributed by atoms with E-state index in [1.165, 1.54) is 13.0 Å². The van der Waals surface area contributed by atoms with Crippen LogP contribution >= 0.6 is 15.9 Å². The summed E-state index contributed by atoms with van der Waals surface area (Å²) in [6.45, 7) is 5.88. The Kier molecular flexibility index (Phi) is 11.0. The summed E-state index contributed by atoms with van der Waals surface area (Å²) in [6.07, 6.45) is -0.892. The minimum absolute atomic E-state index is 0.0271. The maximum Gasteiger partial charge on any atom is 0.416 e. The first-order valence-corrected chi connectivity index (χ1v) is 13.5. The van der Waals surface area contributed by atoms with Crippen LogP contribution in [0.25, 0.3) is 0 Å². The minimum atomic E-state index is -1.85. The van der Waals surface area contributed by atoms with Crippen molar-refractivity contribution in [3.63, 3.8) is 0 Å². The number of ketones is 1. The van der Waals surface area contributed by atoms with E-state index in [0.717, 1.165) is 10.5 Å². The van der Waals surface area contributed by atoms with E-state index >= 15 is 0 Å². The van der Waals surface area contributed by atoms with Gasteiger partial charge in [-0.1, -0.05) is 51.1 Å². The van der Waals surface area contributed by atoms with Gasteiger partial charge in [0.2, 0.25) is 5.91 Å². The molecule has 0 aromatic heterocycles. The summed E-state index contributed by atoms with van der Waals surface area (Å²) >= 11 is 3.22. The van der Waals surface area contributed by atoms with Crippen LogP contribution in [0.4, 0.5) is 4.79 Å². The molecule has 210 valence electrons. The highest BCUT2D eigenvalue weighted by Gasteiger charge is 2.48. The molecule has 0 radical (unpaired) electrons. The summed E-state index contributed by atoms with van der Waals surface area (Å²) < 4.78 is 22.3. The summed E-state index contributed by atoms with van der Waals surface area (Å²) in [5.74, 6) is -3.98. The van der Waals surface area contributed by atoms with Crippen molar-refractivity contribution in [3.05, 3.63) is 46.5 Å². The van der Waals surface area contributed by atoms with Gasteiger partial charge in [-0.3, -0.25) is 9.59 Å². The normalized spacial score (nSPS) is 25.3. The molecule has 5 atom stereocenters. The Labute approximate surface area is 231 Å². The van der Waals surface area contributed by atoms with Crippen molar-refractivity contribution in [1.82, 2.24) is 4.90 Å². The topological polar surface area (TPSA) is 132 Å². The Morgan fingerprint density at radius 2 is 1.95 bits per heavy atom. The number of cyclic esters (lactones) is 1. The molecule has 1 saturated heterocycles. The summed E-state index contributed by atoms with van der Waals surface area (Å²) in [5.41, 5.74) is 0.984. The van der Waals surface area contributed by atoms with E-state index in [2.05, 4.69) is 15.9 Å². The van der Waals surface area contributed by atoms with E-state index in [0.29, 0.717) is 13.0 Å². The number of benzene rings is 1. The predicted molar refractivity (Wildman–Crippen MR) is 140 cm³/mol. The standard InChI is InChI=1S/C27H36BrNO9/c1-17(2)21-16-37-26(33)29(21)25(32)18(3)24-22(31)12-23(28)27(34,38-24)10-7-11-35-15-20(13-30)36-14-19-8-5-4-6-9-19/h4-6,8-9,12,17-18,20-21,24,30,34H,7,10-11,13-16H2,1-3H3/t18-,20+,21+,24-,27+/m0/s1. The first kappa shape index (κ1) is 30.4. The molecule has 10 nitrogen and oxygen atoms in total. The van der Waals surface area contributed by atoms with Gasteiger partial charge in [-0.2, -0.15) is 0 Å². The smallest absolute Gasteiger partial charge is 0.416 e. The van der Waals surface area contributed by atoms with Gasteiger partial charge in [0.05, 0.1) is 36.3 Å². The number of hydrogen-bond donors (Lipinski definition) is 2. The molecule has 2 aliphatic rings. The highest BCUT2D eigenvalue weighted by Crippen LogP contribution is 2.37. The van der Waals surface area contributed by atoms with Crippen LogP contribution in [0.1, 0.15) is 39.2 Å². The SMILES string of the molecule is CC(C)[C@H]1COC(=O)N1C(=O)[C@@H](C)[C@@H]1O[C@](O)(CCCOC[C@@H](CO)OCc2ccccc2)C(Br)=CC1=O. The molecule has 2 aliphatic heterocycles. The lowest BCUT2D eigenvalue weighted by atomic mass is 9.93. The molecular weight excluding hydrogens is 562 g/mol. The zero-order valence-electron chi connectivity index (χ0n) is 21.9. The summed E-state index contributed by atoms with van der Waals surface area (Å²) in [6, 6.07) is 9.15. The van der Waals surface area contributed by atoms with Crippen molar-refractivity contribution in [3.8, 4) is 0 Å². The zero-order valence-corrected chi connectivity index (χ0v) is 23.5. The maximum absolute atomic E-state index is 13.2. The van der Waals surface area contributed by atoms with Gasteiger partial charge >= 0.3 is 6.09 Å². The molecule has 3 rings (SSSR count). The predicted octanol–water partition coefficient (Wildman–Crippen LogP) is 2.94. The van der Waals surface area contributed by atoms with Crippen LogP contribution in [0.3, 0.4) is 0 Å². The Morgan fingerprint density at radius 3 is 2.61 bits per heavy atom. The number of imide groups is 1. The van der Waals surface area contributed by atoms with Gasteiger partial charge in [-0.25, -0.2) is 9.69 Å². The van der Waals surface area contributed by atoms with Crippen LogP contribution in [0.2, 0.25) is 0 Å². The summed E-state index contributed by atoms with van der Waals surface area (Å²) in [7, 11) is 0. The molecule has 1 fully saturated rings. The molecule has 2 N–H and O–H groups in total. The van der Waals surface area contributed by atoms with Crippen LogP contribution in [-0.4, -0.2) is 83.4 Å². The number of carbonyl (C=O) groups excluding carboxylic acids is 3. The van der Waals surface area contributed by atoms with Gasteiger partial charge in [-0.05, 0) is 39.9 Å². The van der Waals surface area contributed by atoms with Crippen molar-refractivity contribution in [2.75, 3.05) is 26.4 Å². The van der Waals surface area contributed by atoms with Gasteiger partial charge in [-0.15, -0.1) is 0 Å². The average molecular weight is 598 g/mol. The lowest BCUT2D eigenvalue weighted by Gasteiger charge is -2.38. The number of aliphatic hydroxyl groups is 2. The van der Waals surface area contributed by atoms with Gasteiger partial charge in [0.25, 0.3) is 0 Å². The molecule has 1 aromatic carbocycles. The molecule has 11 heteroatoms. The lowest BCUT2D eigenvalue weighted by molar-refractivity contribution is -0.218. The Balaban J connectivity index is 1.51. The summed E-state index contributed by atoms with van der Waals surface area (Å²) in [5, 5.41) is 20.7. The Bertz CT molecular complexity index is 1000. The van der Waals surface area contributed by atoms with Gasteiger partial charge < -0.3 is 29.2 Å². The second kappa shape index (κ2) is 13.8. The van der Waals surface area contributed by atoms with Crippen LogP contribution < -0.4 is 0 Å². The molecule has 38 heavy (non-hydrogen) atoms. The molecule has 2 heterocycles. The fourth-order valence-corrected chi connectivity index (χ4v) is 4.79. The number of halogens is 1. The van der Waals surface area contributed by atoms with Gasteiger partial charge in [0.1, 0.15) is 18.8 Å². The van der Waals surface area contributed by atoms with Crippen LogP contribution in [-0.2, 0) is 35.1 Å². The van der Waals surface area contributed by atoms with E-state index in [9.17, 15) is 24.6 Å². The second-order valence-electron chi connectivity index (χ2n) is 9.88. The van der Waals surface area contributed by atoms with E-state index in [1.807, 2.05) is 44.2 Å². The zero-order chi connectivity index (χ0) is 27.9. The fraction of sp³-hybridized carbons (Fsp3) is 0.593. The Morgan fingerprint density at radius 1 is 1.24 bits per heavy atom. The molecule has 0 spiro atoms. The number of rotatable bonds is 13. The number of ether oxygens (including phenoxy) is 4. The maximum atomic E-state index is 13.2. The first-order valence-electron chi connectivity index (χ1n) is 12.7. The largest absolute Gasteiger partial charge is 0.447 e. The van der Waals surface area contributed by atoms with Crippen molar-refractivity contribution >= 4 is 33.7 Å². The van der Waals surface area contributed by atoms with E-state index < -0.39 is 47.7 Å². The van der Waals surface area contributed by atoms with Crippen LogP contribution in [0, 0.1) is 11.8 Å². The first-order chi connectivity index (χ1) is 18.1. The van der Waals surface area contributed by atoms with Crippen molar-refractivity contribution < 1.29 is 43.5 Å². The fourth-order valence-electron chi connectivity index (χ4n) is 4.27. The van der Waals surface area contributed by atoms with E-state index in [1.54, 1.807) is 0 Å². The van der Waals surface area contributed by atoms with Crippen LogP contribution in [0.15, 0.2) is 40.9 Å². The van der Waals surface area contributed by atoms with Crippen LogP contribution in [0.5, 0.6) is 0 Å². The number of nitrogens with zero attached hydrogens (tertiary/aromatic N) is 1. The molecule has 1 aromatic rings. The van der Waals surface area contributed by atoms with Gasteiger partial charge in [0, 0.05) is 13.0 Å². The minimum Gasteiger partial charge on any atom is -0.447 e. The third-order valence-electron chi connectivity index (χ3n) is 6.64. The average Bonchev–Trinajstić information content (AvgIpc) is 3.29. The molecule has 2 amide bonds. The molecule has 0 unspecified atom stereocenters. The number of carbonyl (C=O) groups is 3. The third kappa shape index (κ3) is 7.49. The highest BCUT2D eigenvalue weighted by molar-refractivity contribution is 9.11. The molecule has 0 bridgehead atoms. The van der Waals surface area contributed by atoms with Crippen molar-refractivity contribution in [1.29, 1.82) is 0 Å².